The van der Waals surface area contributed by atoms with Crippen LogP contribution in [0.2, 0.25) is 0 Å². The number of aliphatic carboxylic acids is 2. The highest BCUT2D eigenvalue weighted by Gasteiger charge is 2.41. The van der Waals surface area contributed by atoms with E-state index in [2.05, 4.69) is 39.7 Å². The molecule has 2 heterocycles. The quantitative estimate of drug-likeness (QED) is 0.0777. The van der Waals surface area contributed by atoms with Crippen molar-refractivity contribution in [2.45, 2.75) is 57.3 Å². The van der Waals surface area contributed by atoms with Gasteiger partial charge in [0.1, 0.15) is 17.4 Å². The lowest BCUT2D eigenvalue weighted by Crippen LogP contribution is -2.08. The second kappa shape index (κ2) is 18.0. The van der Waals surface area contributed by atoms with Crippen LogP contribution in [0.3, 0.4) is 0 Å². The number of pyridine rings is 2. The molecule has 2 aliphatic carbocycles. The number of rotatable bonds is 18. The van der Waals surface area contributed by atoms with Gasteiger partial charge in [-0.3, -0.25) is 9.59 Å². The summed E-state index contributed by atoms with van der Waals surface area (Å²) in [4.78, 5) is 29.9. The SMILES string of the molecule is Cc1cc(OCCCNc2ccccn2)ccc1C1CC1CC(=O)O.O=C(O)CC1CC1c1ccc(OCCCNc2ccccn2)c(F)c1. The van der Waals surface area contributed by atoms with Crippen molar-refractivity contribution in [1.29, 1.82) is 0 Å². The van der Waals surface area contributed by atoms with Gasteiger partial charge in [-0.05, 0) is 121 Å². The van der Waals surface area contributed by atoms with Crippen molar-refractivity contribution >= 4 is 23.6 Å². The van der Waals surface area contributed by atoms with Gasteiger partial charge in [0.05, 0.1) is 13.2 Å². The molecule has 6 rings (SSSR count). The van der Waals surface area contributed by atoms with E-state index in [0.29, 0.717) is 31.6 Å². The van der Waals surface area contributed by atoms with Gasteiger partial charge in [-0.25, -0.2) is 14.4 Å². The topological polar surface area (TPSA) is 143 Å². The van der Waals surface area contributed by atoms with Gasteiger partial charge in [0.15, 0.2) is 11.6 Å². The maximum atomic E-state index is 14.1. The first kappa shape index (κ1) is 36.1. The number of carboxylic acids is 2. The molecule has 0 bridgehead atoms. The number of hydrogen-bond donors (Lipinski definition) is 4. The van der Waals surface area contributed by atoms with Crippen LogP contribution in [0.4, 0.5) is 16.0 Å². The summed E-state index contributed by atoms with van der Waals surface area (Å²) in [6.45, 7) is 4.62. The highest BCUT2D eigenvalue weighted by atomic mass is 19.1. The predicted octanol–water partition coefficient (Wildman–Crippen LogP) is 7.53. The summed E-state index contributed by atoms with van der Waals surface area (Å²) in [5, 5.41) is 24.1. The Hall–Kier alpha value is -5.19. The van der Waals surface area contributed by atoms with Crippen molar-refractivity contribution in [2.24, 2.45) is 11.8 Å². The fourth-order valence-electron chi connectivity index (χ4n) is 6.09. The van der Waals surface area contributed by atoms with Crippen molar-refractivity contribution in [3.05, 3.63) is 108 Å². The maximum absolute atomic E-state index is 14.1. The highest BCUT2D eigenvalue weighted by molar-refractivity contribution is 5.68. The van der Waals surface area contributed by atoms with E-state index in [-0.39, 0.29) is 30.4 Å². The molecule has 264 valence electrons. The predicted molar refractivity (Wildman–Crippen MR) is 189 cm³/mol. The molecular weight excluding hydrogens is 639 g/mol. The van der Waals surface area contributed by atoms with Gasteiger partial charge in [0.2, 0.25) is 0 Å². The van der Waals surface area contributed by atoms with E-state index in [1.54, 1.807) is 18.5 Å². The smallest absolute Gasteiger partial charge is 0.303 e. The van der Waals surface area contributed by atoms with Crippen LogP contribution in [0.25, 0.3) is 0 Å². The van der Waals surface area contributed by atoms with Crippen LogP contribution >= 0.6 is 0 Å². The Morgan fingerprint density at radius 2 is 1.38 bits per heavy atom. The first-order valence-electron chi connectivity index (χ1n) is 17.2. The first-order chi connectivity index (χ1) is 24.3. The van der Waals surface area contributed by atoms with E-state index < -0.39 is 17.8 Å². The van der Waals surface area contributed by atoms with Crippen molar-refractivity contribution in [1.82, 2.24) is 9.97 Å². The second-order valence-corrected chi connectivity index (χ2v) is 12.8. The molecule has 0 amide bonds. The third-order valence-electron chi connectivity index (χ3n) is 8.85. The van der Waals surface area contributed by atoms with E-state index in [1.807, 2.05) is 48.5 Å². The summed E-state index contributed by atoms with van der Waals surface area (Å²) < 4.78 is 25.4. The van der Waals surface area contributed by atoms with Gasteiger partial charge in [0, 0.05) is 38.3 Å². The first-order valence-corrected chi connectivity index (χ1v) is 17.2. The van der Waals surface area contributed by atoms with Crippen molar-refractivity contribution in [2.75, 3.05) is 36.9 Å². The number of ether oxygens (including phenoxy) is 2. The average molecular weight is 685 g/mol. The van der Waals surface area contributed by atoms with E-state index in [1.165, 1.54) is 17.2 Å². The van der Waals surface area contributed by atoms with Crippen LogP contribution in [0.5, 0.6) is 11.5 Å². The average Bonchev–Trinajstić information content (AvgIpc) is 4.03. The Balaban J connectivity index is 0.000000194. The van der Waals surface area contributed by atoms with Crippen molar-refractivity contribution < 1.29 is 33.7 Å². The van der Waals surface area contributed by atoms with Gasteiger partial charge in [-0.2, -0.15) is 0 Å². The molecule has 4 atom stereocenters. The van der Waals surface area contributed by atoms with Crippen LogP contribution in [-0.2, 0) is 9.59 Å². The molecule has 0 spiro atoms. The number of benzene rings is 2. The molecule has 0 saturated heterocycles. The fraction of sp³-hybridized carbons (Fsp3) is 0.385. The molecule has 2 saturated carbocycles. The van der Waals surface area contributed by atoms with Crippen LogP contribution in [-0.4, -0.2) is 58.4 Å². The van der Waals surface area contributed by atoms with E-state index >= 15 is 0 Å². The van der Waals surface area contributed by atoms with Gasteiger partial charge in [-0.15, -0.1) is 0 Å². The number of anilines is 2. The molecule has 4 unspecified atom stereocenters. The minimum Gasteiger partial charge on any atom is -0.494 e. The van der Waals surface area contributed by atoms with Crippen LogP contribution in [0.1, 0.15) is 67.1 Å². The molecule has 4 N–H and O–H groups in total. The number of carboxylic acid groups (broad SMARTS) is 2. The Bertz CT molecular complexity index is 1690. The molecule has 11 heteroatoms. The third-order valence-corrected chi connectivity index (χ3v) is 8.85. The molecule has 0 aliphatic heterocycles. The van der Waals surface area contributed by atoms with Gasteiger partial charge in [0.25, 0.3) is 0 Å². The zero-order valence-electron chi connectivity index (χ0n) is 28.3. The van der Waals surface area contributed by atoms with Gasteiger partial charge < -0.3 is 30.3 Å². The number of nitrogens with one attached hydrogen (secondary N) is 2. The molecular formula is C39H45FN4O6. The number of aromatic nitrogens is 2. The van der Waals surface area contributed by atoms with E-state index in [4.69, 9.17) is 19.7 Å². The maximum Gasteiger partial charge on any atom is 0.303 e. The van der Waals surface area contributed by atoms with Crippen molar-refractivity contribution in [3.8, 4) is 11.5 Å². The van der Waals surface area contributed by atoms with E-state index in [0.717, 1.165) is 55.2 Å². The second-order valence-electron chi connectivity index (χ2n) is 12.8. The third kappa shape index (κ3) is 11.5. The molecule has 0 radical (unpaired) electrons. The number of hydrogen-bond acceptors (Lipinski definition) is 8. The number of aryl methyl sites for hydroxylation is 1. The van der Waals surface area contributed by atoms with E-state index in [9.17, 15) is 14.0 Å². The molecule has 2 aliphatic rings. The largest absolute Gasteiger partial charge is 0.494 e. The minimum atomic E-state index is -0.799. The van der Waals surface area contributed by atoms with Crippen molar-refractivity contribution in [3.63, 3.8) is 0 Å². The van der Waals surface area contributed by atoms with Crippen LogP contribution < -0.4 is 20.1 Å². The summed E-state index contributed by atoms with van der Waals surface area (Å²) in [5.41, 5.74) is 3.30. The van der Waals surface area contributed by atoms with Crippen LogP contribution in [0, 0.1) is 24.6 Å². The Kier molecular flexibility index (Phi) is 13.0. The lowest BCUT2D eigenvalue weighted by molar-refractivity contribution is -0.138. The lowest BCUT2D eigenvalue weighted by atomic mass is 10.0. The normalized spacial score (nSPS) is 18.6. The fourth-order valence-corrected chi connectivity index (χ4v) is 6.09. The Morgan fingerprint density at radius 3 is 1.94 bits per heavy atom. The zero-order chi connectivity index (χ0) is 35.3. The lowest BCUT2D eigenvalue weighted by Gasteiger charge is -2.11. The van der Waals surface area contributed by atoms with Crippen LogP contribution in [0.15, 0.2) is 85.2 Å². The Labute approximate surface area is 292 Å². The molecule has 4 aromatic rings. The number of carbonyl (C=O) groups is 2. The van der Waals surface area contributed by atoms with Gasteiger partial charge in [-0.1, -0.05) is 24.3 Å². The summed E-state index contributed by atoms with van der Waals surface area (Å²) >= 11 is 0. The molecule has 10 nitrogen and oxygen atoms in total. The standard InChI is InChI=1S/C20H24N2O3.C19H21FN2O3/c1-14-11-16(6-7-17(14)18-12-15(18)13-20(23)24)25-10-4-9-22-19-5-2-3-8-21-19;20-16-11-13(15-10-14(15)12-19(23)24)5-6-17(16)25-9-3-8-22-18-4-1-2-7-21-18/h2-3,5-8,11,15,18H,4,9-10,12-13H2,1H3,(H,21,22)(H,23,24);1-2,4-7,11,14-15H,3,8-10,12H2,(H,21,22)(H,23,24). The summed E-state index contributed by atoms with van der Waals surface area (Å²) in [7, 11) is 0. The Morgan fingerprint density at radius 1 is 0.780 bits per heavy atom. The van der Waals surface area contributed by atoms with Gasteiger partial charge >= 0.3 is 11.9 Å². The molecule has 2 fully saturated rings. The molecule has 2 aromatic heterocycles. The summed E-state index contributed by atoms with van der Waals surface area (Å²) in [5.74, 6) is 1.86. The monoisotopic (exact) mass is 684 g/mol. The minimum absolute atomic E-state index is 0.126. The number of halogens is 1. The summed E-state index contributed by atoms with van der Waals surface area (Å²) in [6.07, 6.45) is 7.31. The zero-order valence-corrected chi connectivity index (χ0v) is 28.3. The highest BCUT2D eigenvalue weighted by Crippen LogP contribution is 2.51. The molecule has 2 aromatic carbocycles. The number of nitrogens with zero attached hydrogens (tertiary/aromatic N) is 2. The summed E-state index contributed by atoms with van der Waals surface area (Å²) in [6, 6.07) is 22.5. The molecule has 50 heavy (non-hydrogen) atoms.